The summed E-state index contributed by atoms with van der Waals surface area (Å²) in [5.74, 6) is 0. The molecule has 2 rings (SSSR count). The van der Waals surface area contributed by atoms with Crippen molar-refractivity contribution >= 4 is 0 Å². The lowest BCUT2D eigenvalue weighted by molar-refractivity contribution is -0.138. The molecule has 0 radical (unpaired) electrons. The number of aryl methyl sites for hydroxylation is 1. The molecule has 23 heavy (non-hydrogen) atoms. The normalized spacial score (nSPS) is 19.0. The first-order chi connectivity index (χ1) is 10.8. The zero-order valence-electron chi connectivity index (χ0n) is 13.4. The molecule has 0 saturated carbocycles. The quantitative estimate of drug-likeness (QED) is 0.842. The van der Waals surface area contributed by atoms with E-state index in [1.807, 2.05) is 36.1 Å². The van der Waals surface area contributed by atoms with Crippen molar-refractivity contribution in [3.05, 3.63) is 35.4 Å². The number of hydrogen-bond donors (Lipinski definition) is 2. The Morgan fingerprint density at radius 2 is 1.91 bits per heavy atom. The van der Waals surface area contributed by atoms with Crippen LogP contribution in [0.4, 0.5) is 13.2 Å². The Kier molecular flexibility index (Phi) is 6.44. The van der Waals surface area contributed by atoms with Crippen molar-refractivity contribution < 1.29 is 18.3 Å². The van der Waals surface area contributed by atoms with E-state index in [0.29, 0.717) is 19.6 Å². The molecular formula is C17H25F3N2O. The first-order valence-electron chi connectivity index (χ1n) is 8.11. The van der Waals surface area contributed by atoms with Crippen LogP contribution in [0.2, 0.25) is 0 Å². The van der Waals surface area contributed by atoms with Gasteiger partial charge in [-0.2, -0.15) is 13.2 Å². The summed E-state index contributed by atoms with van der Waals surface area (Å²) in [5.41, 5.74) is 1.98. The number of alkyl halides is 3. The lowest BCUT2D eigenvalue weighted by Crippen LogP contribution is -2.44. The number of piperidine rings is 1. The molecule has 2 N–H and O–H groups in total. The van der Waals surface area contributed by atoms with Gasteiger partial charge in [-0.05, 0) is 44.0 Å². The van der Waals surface area contributed by atoms with Gasteiger partial charge in [0.1, 0.15) is 0 Å². The molecule has 1 aliphatic heterocycles. The van der Waals surface area contributed by atoms with Crippen molar-refractivity contribution in [2.75, 3.05) is 26.2 Å². The zero-order chi connectivity index (χ0) is 16.9. The number of aliphatic hydroxyl groups is 1. The zero-order valence-corrected chi connectivity index (χ0v) is 13.4. The predicted octanol–water partition coefficient (Wildman–Crippen LogP) is 3.03. The van der Waals surface area contributed by atoms with Crippen LogP contribution in [0, 0.1) is 6.92 Å². The van der Waals surface area contributed by atoms with Gasteiger partial charge >= 0.3 is 6.18 Å². The van der Waals surface area contributed by atoms with Crippen LogP contribution >= 0.6 is 0 Å². The molecule has 0 amide bonds. The highest BCUT2D eigenvalue weighted by atomic mass is 19.4. The van der Waals surface area contributed by atoms with Crippen LogP contribution in [0.25, 0.3) is 0 Å². The Morgan fingerprint density at radius 3 is 2.52 bits per heavy atom. The van der Waals surface area contributed by atoms with Crippen molar-refractivity contribution in [1.29, 1.82) is 0 Å². The Morgan fingerprint density at radius 1 is 1.26 bits per heavy atom. The van der Waals surface area contributed by atoms with Gasteiger partial charge in [-0.1, -0.05) is 24.3 Å². The van der Waals surface area contributed by atoms with Crippen molar-refractivity contribution in [2.45, 2.75) is 44.5 Å². The molecule has 0 bridgehead atoms. The highest BCUT2D eigenvalue weighted by Gasteiger charge is 2.29. The number of nitrogens with one attached hydrogen (secondary N) is 1. The number of hydrogen-bond acceptors (Lipinski definition) is 3. The number of likely N-dealkylation sites (tertiary alicyclic amines) is 1. The average Bonchev–Trinajstić information content (AvgIpc) is 2.51. The highest BCUT2D eigenvalue weighted by molar-refractivity contribution is 5.27. The molecule has 0 spiro atoms. The number of aliphatic hydroxyl groups excluding tert-OH is 1. The van der Waals surface area contributed by atoms with E-state index in [-0.39, 0.29) is 12.6 Å². The second-order valence-electron chi connectivity index (χ2n) is 6.26. The van der Waals surface area contributed by atoms with Crippen molar-refractivity contribution in [1.82, 2.24) is 10.2 Å². The molecule has 1 aliphatic rings. The molecular weight excluding hydrogens is 305 g/mol. The van der Waals surface area contributed by atoms with Crippen molar-refractivity contribution in [3.8, 4) is 0 Å². The van der Waals surface area contributed by atoms with Gasteiger partial charge in [0.15, 0.2) is 0 Å². The van der Waals surface area contributed by atoms with Gasteiger partial charge in [0.05, 0.1) is 12.5 Å². The van der Waals surface area contributed by atoms with E-state index < -0.39 is 18.7 Å². The van der Waals surface area contributed by atoms with Gasteiger partial charge < -0.3 is 15.3 Å². The van der Waals surface area contributed by atoms with Crippen LogP contribution in [0.1, 0.15) is 36.5 Å². The number of nitrogens with zero attached hydrogens (tertiary/aromatic N) is 1. The molecule has 1 aromatic carbocycles. The van der Waals surface area contributed by atoms with E-state index in [9.17, 15) is 18.3 Å². The maximum atomic E-state index is 12.2. The summed E-state index contributed by atoms with van der Waals surface area (Å²) >= 11 is 0. The molecule has 1 saturated heterocycles. The average molecular weight is 330 g/mol. The molecule has 0 aromatic heterocycles. The van der Waals surface area contributed by atoms with E-state index >= 15 is 0 Å². The smallest absolute Gasteiger partial charge is 0.387 e. The molecule has 1 atom stereocenters. The molecule has 1 heterocycles. The maximum absolute atomic E-state index is 12.2. The van der Waals surface area contributed by atoms with Crippen molar-refractivity contribution in [3.63, 3.8) is 0 Å². The Labute approximate surface area is 135 Å². The number of rotatable bonds is 6. The highest BCUT2D eigenvalue weighted by Crippen LogP contribution is 2.21. The second kappa shape index (κ2) is 8.13. The van der Waals surface area contributed by atoms with Crippen LogP contribution in [0.15, 0.2) is 24.3 Å². The number of halogens is 3. The van der Waals surface area contributed by atoms with E-state index in [1.54, 1.807) is 0 Å². The fraction of sp³-hybridized carbons (Fsp3) is 0.647. The van der Waals surface area contributed by atoms with Crippen LogP contribution < -0.4 is 5.32 Å². The fourth-order valence-electron chi connectivity index (χ4n) is 2.99. The largest absolute Gasteiger partial charge is 0.390 e. The van der Waals surface area contributed by atoms with Gasteiger partial charge in [-0.15, -0.1) is 0 Å². The van der Waals surface area contributed by atoms with Gasteiger partial charge in [0.2, 0.25) is 0 Å². The van der Waals surface area contributed by atoms with Crippen molar-refractivity contribution in [2.24, 2.45) is 0 Å². The number of benzene rings is 1. The molecule has 1 fully saturated rings. The third-order valence-electron chi connectivity index (χ3n) is 4.45. The first kappa shape index (κ1) is 18.2. The molecule has 1 aromatic rings. The summed E-state index contributed by atoms with van der Waals surface area (Å²) in [4.78, 5) is 1.86. The molecule has 6 heteroatoms. The van der Waals surface area contributed by atoms with Gasteiger partial charge in [-0.25, -0.2) is 0 Å². The second-order valence-corrected chi connectivity index (χ2v) is 6.26. The summed E-state index contributed by atoms with van der Waals surface area (Å²) in [6.45, 7) is 3.88. The summed E-state index contributed by atoms with van der Waals surface area (Å²) in [7, 11) is 0. The summed E-state index contributed by atoms with van der Waals surface area (Å²) in [6, 6.07) is 8.00. The summed E-state index contributed by atoms with van der Waals surface area (Å²) < 4.78 is 36.7. The minimum absolute atomic E-state index is 0.0854. The lowest BCUT2D eigenvalue weighted by Gasteiger charge is -2.33. The summed E-state index contributed by atoms with van der Waals surface area (Å²) in [5, 5.41) is 13.6. The first-order valence-corrected chi connectivity index (χ1v) is 8.11. The SMILES string of the molecule is Cc1ccccc1C(O)CNC1CCN(CCC(F)(F)F)CC1. The minimum Gasteiger partial charge on any atom is -0.387 e. The van der Waals surface area contributed by atoms with Crippen LogP contribution in [0.5, 0.6) is 0 Å². The Balaban J connectivity index is 1.69. The topological polar surface area (TPSA) is 35.5 Å². The van der Waals surface area contributed by atoms with Gasteiger partial charge in [-0.3, -0.25) is 0 Å². The molecule has 3 nitrogen and oxygen atoms in total. The van der Waals surface area contributed by atoms with Gasteiger partial charge in [0, 0.05) is 19.1 Å². The van der Waals surface area contributed by atoms with Crippen LogP contribution in [-0.4, -0.2) is 48.4 Å². The Bertz CT molecular complexity index is 485. The third kappa shape index (κ3) is 6.12. The standard InChI is InChI=1S/C17H25F3N2O/c1-13-4-2-3-5-15(13)16(23)12-21-14-6-9-22(10-7-14)11-8-17(18,19)20/h2-5,14,16,21,23H,6-12H2,1H3. The van der Waals surface area contributed by atoms with Gasteiger partial charge in [0.25, 0.3) is 0 Å². The lowest BCUT2D eigenvalue weighted by atomic mass is 10.0. The van der Waals surface area contributed by atoms with Crippen LogP contribution in [0.3, 0.4) is 0 Å². The molecule has 130 valence electrons. The third-order valence-corrected chi connectivity index (χ3v) is 4.45. The van der Waals surface area contributed by atoms with E-state index in [4.69, 9.17) is 0 Å². The molecule has 1 unspecified atom stereocenters. The monoisotopic (exact) mass is 330 g/mol. The summed E-state index contributed by atoms with van der Waals surface area (Å²) in [6.07, 6.45) is -3.74. The predicted molar refractivity (Wildman–Crippen MR) is 84.3 cm³/mol. The van der Waals surface area contributed by atoms with E-state index in [0.717, 1.165) is 24.0 Å². The van der Waals surface area contributed by atoms with E-state index in [1.165, 1.54) is 0 Å². The fourth-order valence-corrected chi connectivity index (χ4v) is 2.99. The van der Waals surface area contributed by atoms with E-state index in [2.05, 4.69) is 5.32 Å². The van der Waals surface area contributed by atoms with Crippen LogP contribution in [-0.2, 0) is 0 Å². The minimum atomic E-state index is -4.08. The Hall–Kier alpha value is -1.11. The maximum Gasteiger partial charge on any atom is 0.390 e. The molecule has 0 aliphatic carbocycles.